The molecule has 3 fully saturated rings. The maximum absolute atomic E-state index is 13.1. The van der Waals surface area contributed by atoms with Crippen LogP contribution in [0.2, 0.25) is 0 Å². The number of allylic oxidation sites excluding steroid dienone is 1. The molecule has 0 N–H and O–H groups in total. The third kappa shape index (κ3) is 1.90. The number of hydrogen-bond donors (Lipinski definition) is 0. The second-order valence-corrected chi connectivity index (χ2v) is 10.2. The zero-order valence-electron chi connectivity index (χ0n) is 15.1. The first kappa shape index (κ1) is 17.9. The van der Waals surface area contributed by atoms with Crippen LogP contribution in [0.5, 0.6) is 0 Å². The van der Waals surface area contributed by atoms with Crippen LogP contribution in [0.4, 0.5) is 0 Å². The van der Waals surface area contributed by atoms with E-state index in [2.05, 4.69) is 20.4 Å². The van der Waals surface area contributed by atoms with Crippen molar-refractivity contribution >= 4 is 15.9 Å². The highest BCUT2D eigenvalue weighted by molar-refractivity contribution is 7.92. The highest BCUT2D eigenvalue weighted by Crippen LogP contribution is 2.70. The van der Waals surface area contributed by atoms with Crippen molar-refractivity contribution in [1.82, 2.24) is 4.31 Å². The van der Waals surface area contributed by atoms with Crippen molar-refractivity contribution in [3.05, 3.63) is 12.7 Å². The molecule has 0 aromatic carbocycles. The number of hydrogen-bond acceptors (Lipinski definition) is 4. The summed E-state index contributed by atoms with van der Waals surface area (Å²) in [5.74, 6) is -0.376. The monoisotopic (exact) mass is 355 g/mol. The summed E-state index contributed by atoms with van der Waals surface area (Å²) in [5, 5.41) is 0. The van der Waals surface area contributed by atoms with Gasteiger partial charge in [-0.15, -0.1) is 6.58 Å². The molecule has 0 aromatic heterocycles. The average Bonchev–Trinajstić information content (AvgIpc) is 2.91. The largest absolute Gasteiger partial charge is 0.381 e. The molecule has 0 radical (unpaired) electrons. The van der Waals surface area contributed by atoms with E-state index in [1.54, 1.807) is 20.1 Å². The Morgan fingerprint density at radius 2 is 2.12 bits per heavy atom. The highest BCUT2D eigenvalue weighted by atomic mass is 32.2. The second-order valence-electron chi connectivity index (χ2n) is 8.17. The Kier molecular flexibility index (Phi) is 4.15. The summed E-state index contributed by atoms with van der Waals surface area (Å²) in [6.07, 6.45) is 5.39. The fraction of sp³-hybridized carbons (Fsp3) is 0.833. The third-order valence-electron chi connectivity index (χ3n) is 7.15. The van der Waals surface area contributed by atoms with Gasteiger partial charge in [-0.05, 0) is 43.4 Å². The van der Waals surface area contributed by atoms with E-state index in [0.29, 0.717) is 18.8 Å². The number of rotatable bonds is 6. The molecule has 3 rings (SSSR count). The molecule has 1 saturated heterocycles. The number of methoxy groups -OCH3 is 1. The molecule has 3 aliphatic rings. The van der Waals surface area contributed by atoms with Crippen molar-refractivity contribution in [3.8, 4) is 0 Å². The molecule has 2 bridgehead atoms. The number of sulfonamides is 1. The van der Waals surface area contributed by atoms with Crippen LogP contribution in [0, 0.1) is 17.3 Å². The maximum atomic E-state index is 13.1. The van der Waals surface area contributed by atoms with Gasteiger partial charge in [0.25, 0.3) is 0 Å². The first-order valence-electron chi connectivity index (χ1n) is 8.88. The molecule has 6 heteroatoms. The van der Waals surface area contributed by atoms with E-state index in [9.17, 15) is 13.2 Å². The van der Waals surface area contributed by atoms with Crippen LogP contribution < -0.4 is 0 Å². The van der Waals surface area contributed by atoms with Crippen LogP contribution in [0.15, 0.2) is 12.7 Å². The lowest BCUT2D eigenvalue weighted by Crippen LogP contribution is -2.75. The van der Waals surface area contributed by atoms with Gasteiger partial charge in [-0.25, -0.2) is 12.7 Å². The minimum Gasteiger partial charge on any atom is -0.381 e. The number of carbonyl (C=O) groups excluding carboxylic acids is 1. The van der Waals surface area contributed by atoms with Crippen molar-refractivity contribution in [1.29, 1.82) is 0 Å². The minimum atomic E-state index is -3.58. The fourth-order valence-corrected chi connectivity index (χ4v) is 8.53. The van der Waals surface area contributed by atoms with Crippen molar-refractivity contribution < 1.29 is 17.9 Å². The van der Waals surface area contributed by atoms with Crippen LogP contribution in [-0.2, 0) is 19.6 Å². The molecule has 136 valence electrons. The molecule has 5 nitrogen and oxygen atoms in total. The lowest BCUT2D eigenvalue weighted by molar-refractivity contribution is -0.139. The molecule has 2 aliphatic carbocycles. The Bertz CT molecular complexity index is 656. The fourth-order valence-electron chi connectivity index (χ4n) is 5.58. The van der Waals surface area contributed by atoms with E-state index < -0.39 is 20.7 Å². The minimum absolute atomic E-state index is 0.150. The topological polar surface area (TPSA) is 63.7 Å². The van der Waals surface area contributed by atoms with Gasteiger partial charge in [0.05, 0.1) is 18.1 Å². The van der Waals surface area contributed by atoms with Gasteiger partial charge >= 0.3 is 0 Å². The van der Waals surface area contributed by atoms with E-state index in [-0.39, 0.29) is 23.5 Å². The molecular formula is C18H29NO4S. The van der Waals surface area contributed by atoms with Gasteiger partial charge in [0.2, 0.25) is 15.9 Å². The normalized spacial score (nSPS) is 37.4. The Balaban J connectivity index is 1.85. The van der Waals surface area contributed by atoms with Crippen LogP contribution in [0.1, 0.15) is 52.9 Å². The number of nitrogens with zero attached hydrogens (tertiary/aromatic N) is 1. The van der Waals surface area contributed by atoms with Crippen LogP contribution in [0.3, 0.4) is 0 Å². The summed E-state index contributed by atoms with van der Waals surface area (Å²) >= 11 is 0. The van der Waals surface area contributed by atoms with Crippen molar-refractivity contribution in [3.63, 3.8) is 0 Å². The Morgan fingerprint density at radius 3 is 2.67 bits per heavy atom. The first-order chi connectivity index (χ1) is 11.2. The predicted molar refractivity (Wildman–Crippen MR) is 92.8 cm³/mol. The quantitative estimate of drug-likeness (QED) is 0.687. The highest BCUT2D eigenvalue weighted by Gasteiger charge is 2.81. The lowest BCUT2D eigenvalue weighted by Gasteiger charge is -2.56. The molecule has 24 heavy (non-hydrogen) atoms. The van der Waals surface area contributed by atoms with Gasteiger partial charge in [-0.3, -0.25) is 4.79 Å². The van der Waals surface area contributed by atoms with Crippen molar-refractivity contribution in [2.24, 2.45) is 17.3 Å². The summed E-state index contributed by atoms with van der Waals surface area (Å²) < 4.78 is 32.2. The van der Waals surface area contributed by atoms with Gasteiger partial charge < -0.3 is 4.74 Å². The van der Waals surface area contributed by atoms with Gasteiger partial charge in [-0.1, -0.05) is 26.8 Å². The summed E-state index contributed by atoms with van der Waals surface area (Å²) in [6.45, 7) is 9.60. The van der Waals surface area contributed by atoms with Crippen molar-refractivity contribution in [2.75, 3.05) is 7.11 Å². The smallest absolute Gasteiger partial charge is 0.246 e. The molecular weight excluding hydrogens is 326 g/mol. The van der Waals surface area contributed by atoms with E-state index >= 15 is 0 Å². The Morgan fingerprint density at radius 1 is 1.46 bits per heavy atom. The summed E-state index contributed by atoms with van der Waals surface area (Å²) in [4.78, 5) is 13.0. The standard InChI is InChI=1S/C18H29NO4S/c1-6-7-8-14(23-5)12(2)16(20)19-15-11-13-9-10-18(15,17(13,3)4)24(19,21)22/h6,12-15H,1,7-11H2,2-5H3/t12-,13?,14-,15?,18+/m1/s1. The number of ether oxygens (including phenoxy) is 1. The SMILES string of the molecule is C=CCC[C@@H](OC)[C@@H](C)C(=O)N1C2CC3CC[C@]2(C3(C)C)S1(=O)=O. The molecule has 1 spiro atoms. The molecule has 0 aromatic rings. The Hall–Kier alpha value is -0.880. The third-order valence-corrected chi connectivity index (χ3v) is 10.0. The van der Waals surface area contributed by atoms with E-state index in [1.807, 2.05) is 0 Å². The van der Waals surface area contributed by atoms with Gasteiger partial charge in [0.1, 0.15) is 4.75 Å². The Labute approximate surface area is 145 Å². The van der Waals surface area contributed by atoms with Crippen LogP contribution in [-0.4, -0.2) is 42.6 Å². The molecule has 1 aliphatic heterocycles. The lowest BCUT2D eigenvalue weighted by atomic mass is 9.80. The molecule has 1 heterocycles. The molecule has 2 unspecified atom stereocenters. The summed E-state index contributed by atoms with van der Waals surface area (Å²) in [5.41, 5.74) is -0.236. The van der Waals surface area contributed by atoms with Gasteiger partial charge in [0.15, 0.2) is 0 Å². The maximum Gasteiger partial charge on any atom is 0.246 e. The molecule has 1 amide bonds. The number of fused-ring (bicyclic) bond motifs is 1. The average molecular weight is 356 g/mol. The summed E-state index contributed by atoms with van der Waals surface area (Å²) in [6, 6.07) is -0.150. The number of amides is 1. The molecule has 2 saturated carbocycles. The van der Waals surface area contributed by atoms with Gasteiger partial charge in [0, 0.05) is 7.11 Å². The predicted octanol–water partition coefficient (Wildman–Crippen LogP) is 2.72. The van der Waals surface area contributed by atoms with E-state index in [1.165, 1.54) is 4.31 Å². The van der Waals surface area contributed by atoms with Crippen LogP contribution in [0.25, 0.3) is 0 Å². The first-order valence-corrected chi connectivity index (χ1v) is 10.3. The zero-order chi connectivity index (χ0) is 17.9. The van der Waals surface area contributed by atoms with Crippen molar-refractivity contribution in [2.45, 2.75) is 69.8 Å². The molecule has 5 atom stereocenters. The van der Waals surface area contributed by atoms with Crippen LogP contribution >= 0.6 is 0 Å². The number of carbonyl (C=O) groups is 1. The zero-order valence-corrected chi connectivity index (χ0v) is 15.9. The second kappa shape index (κ2) is 5.56. The van der Waals surface area contributed by atoms with E-state index in [4.69, 9.17) is 4.74 Å². The van der Waals surface area contributed by atoms with E-state index in [0.717, 1.165) is 19.3 Å². The van der Waals surface area contributed by atoms with Gasteiger partial charge in [-0.2, -0.15) is 0 Å². The summed E-state index contributed by atoms with van der Waals surface area (Å²) in [7, 11) is -2.00.